The Kier molecular flexibility index (Phi) is 6.30. The number of alkyl halides is 3. The summed E-state index contributed by atoms with van der Waals surface area (Å²) in [6.45, 7) is 1.93. The highest BCUT2D eigenvalue weighted by Crippen LogP contribution is 2.33. The molecule has 0 heterocycles. The molecule has 0 unspecified atom stereocenters. The van der Waals surface area contributed by atoms with Crippen molar-refractivity contribution in [3.63, 3.8) is 0 Å². The molecule has 1 rings (SSSR count). The van der Waals surface area contributed by atoms with E-state index in [0.29, 0.717) is 12.0 Å². The van der Waals surface area contributed by atoms with Gasteiger partial charge in [-0.1, -0.05) is 24.9 Å². The second kappa shape index (κ2) is 6.47. The van der Waals surface area contributed by atoms with Crippen LogP contribution in [0.2, 0.25) is 5.02 Å². The molecule has 1 aromatic carbocycles. The highest BCUT2D eigenvalue weighted by molar-refractivity contribution is 6.30. The maximum atomic E-state index is 12.5. The largest absolute Gasteiger partial charge is 0.416 e. The van der Waals surface area contributed by atoms with Crippen molar-refractivity contribution in [2.75, 3.05) is 0 Å². The van der Waals surface area contributed by atoms with Gasteiger partial charge in [0.2, 0.25) is 0 Å². The fourth-order valence-corrected chi connectivity index (χ4v) is 1.71. The second-order valence-electron chi connectivity index (χ2n) is 3.67. The summed E-state index contributed by atoms with van der Waals surface area (Å²) in [4.78, 5) is 0. The van der Waals surface area contributed by atoms with Gasteiger partial charge in [-0.2, -0.15) is 13.2 Å². The van der Waals surface area contributed by atoms with Crippen LogP contribution in [0, 0.1) is 0 Å². The highest BCUT2D eigenvalue weighted by atomic mass is 35.5. The molecule has 17 heavy (non-hydrogen) atoms. The average molecular weight is 288 g/mol. The zero-order valence-electron chi connectivity index (χ0n) is 9.22. The van der Waals surface area contributed by atoms with Gasteiger partial charge in [-0.05, 0) is 30.2 Å². The standard InChI is InChI=1S/C11H13ClF3N.ClH/c1-2-3-10(16)7-4-8(11(13,14)15)6-9(12)5-7;/h4-6,10H,2-3,16H2,1H3;1H/t10-;/m1./s1. The first kappa shape index (κ1) is 16.6. The molecule has 2 N–H and O–H groups in total. The van der Waals surface area contributed by atoms with Crippen LogP contribution in [-0.2, 0) is 6.18 Å². The quantitative estimate of drug-likeness (QED) is 0.865. The minimum absolute atomic E-state index is 0. The molecule has 0 saturated carbocycles. The molecule has 0 saturated heterocycles. The fraction of sp³-hybridized carbons (Fsp3) is 0.455. The summed E-state index contributed by atoms with van der Waals surface area (Å²) >= 11 is 5.64. The topological polar surface area (TPSA) is 26.0 Å². The lowest BCUT2D eigenvalue weighted by atomic mass is 10.0. The van der Waals surface area contributed by atoms with Crippen LogP contribution in [0.5, 0.6) is 0 Å². The Morgan fingerprint density at radius 3 is 2.35 bits per heavy atom. The Hall–Kier alpha value is -0.450. The Labute approximate surface area is 110 Å². The fourth-order valence-electron chi connectivity index (χ4n) is 1.47. The SMILES string of the molecule is CCC[C@@H](N)c1cc(Cl)cc(C(F)(F)F)c1.Cl. The van der Waals surface area contributed by atoms with E-state index in [1.807, 2.05) is 6.92 Å². The molecule has 0 radical (unpaired) electrons. The molecule has 0 aliphatic carbocycles. The Morgan fingerprint density at radius 2 is 1.88 bits per heavy atom. The first-order valence-corrected chi connectivity index (χ1v) is 5.35. The number of benzene rings is 1. The maximum absolute atomic E-state index is 12.5. The molecule has 98 valence electrons. The van der Waals surface area contributed by atoms with E-state index in [1.54, 1.807) is 0 Å². The van der Waals surface area contributed by atoms with Gasteiger partial charge in [0.05, 0.1) is 5.56 Å². The van der Waals surface area contributed by atoms with Gasteiger partial charge in [0.25, 0.3) is 0 Å². The summed E-state index contributed by atoms with van der Waals surface area (Å²) in [5, 5.41) is 0.0661. The Morgan fingerprint density at radius 1 is 1.29 bits per heavy atom. The van der Waals surface area contributed by atoms with E-state index >= 15 is 0 Å². The van der Waals surface area contributed by atoms with Crippen molar-refractivity contribution in [1.29, 1.82) is 0 Å². The molecule has 0 aliphatic rings. The minimum Gasteiger partial charge on any atom is -0.324 e. The predicted octanol–water partition coefficient (Wildman–Crippen LogP) is 4.58. The first-order chi connectivity index (χ1) is 7.34. The summed E-state index contributed by atoms with van der Waals surface area (Å²) in [6, 6.07) is 3.05. The molecule has 0 aliphatic heterocycles. The molecular weight excluding hydrogens is 274 g/mol. The van der Waals surface area contributed by atoms with Gasteiger partial charge >= 0.3 is 6.18 Å². The number of hydrogen-bond donors (Lipinski definition) is 1. The highest BCUT2D eigenvalue weighted by Gasteiger charge is 2.31. The lowest BCUT2D eigenvalue weighted by molar-refractivity contribution is -0.137. The molecule has 0 fully saturated rings. The van der Waals surface area contributed by atoms with E-state index in [4.69, 9.17) is 17.3 Å². The van der Waals surface area contributed by atoms with Crippen LogP contribution in [0.4, 0.5) is 13.2 Å². The predicted molar refractivity (Wildman–Crippen MR) is 65.5 cm³/mol. The normalized spacial score (nSPS) is 13.1. The van der Waals surface area contributed by atoms with Crippen molar-refractivity contribution < 1.29 is 13.2 Å². The molecular formula is C11H14Cl2F3N. The smallest absolute Gasteiger partial charge is 0.324 e. The molecule has 0 bridgehead atoms. The summed E-state index contributed by atoms with van der Waals surface area (Å²) in [7, 11) is 0. The summed E-state index contributed by atoms with van der Waals surface area (Å²) in [5.74, 6) is 0. The first-order valence-electron chi connectivity index (χ1n) is 4.98. The molecule has 1 atom stereocenters. The molecule has 0 spiro atoms. The number of rotatable bonds is 3. The second-order valence-corrected chi connectivity index (χ2v) is 4.10. The van der Waals surface area contributed by atoms with Gasteiger partial charge in [-0.3, -0.25) is 0 Å². The lowest BCUT2D eigenvalue weighted by Gasteiger charge is -2.14. The summed E-state index contributed by atoms with van der Waals surface area (Å²) < 4.78 is 37.5. The van der Waals surface area contributed by atoms with Crippen LogP contribution in [0.3, 0.4) is 0 Å². The van der Waals surface area contributed by atoms with Gasteiger partial charge in [0, 0.05) is 11.1 Å². The van der Waals surface area contributed by atoms with Crippen LogP contribution in [0.15, 0.2) is 18.2 Å². The van der Waals surface area contributed by atoms with Crippen LogP contribution in [0.25, 0.3) is 0 Å². The Balaban J connectivity index is 0.00000256. The summed E-state index contributed by atoms with van der Waals surface area (Å²) in [6.07, 6.45) is -2.93. The average Bonchev–Trinajstić information content (AvgIpc) is 2.16. The van der Waals surface area contributed by atoms with Crippen LogP contribution in [-0.4, -0.2) is 0 Å². The van der Waals surface area contributed by atoms with Crippen LogP contribution < -0.4 is 5.73 Å². The van der Waals surface area contributed by atoms with Crippen molar-refractivity contribution in [2.24, 2.45) is 5.73 Å². The number of nitrogens with two attached hydrogens (primary N) is 1. The van der Waals surface area contributed by atoms with Crippen LogP contribution in [0.1, 0.15) is 36.9 Å². The zero-order valence-corrected chi connectivity index (χ0v) is 10.8. The van der Waals surface area contributed by atoms with Crippen molar-refractivity contribution in [3.05, 3.63) is 34.3 Å². The van der Waals surface area contributed by atoms with Crippen molar-refractivity contribution in [3.8, 4) is 0 Å². The van der Waals surface area contributed by atoms with Gasteiger partial charge < -0.3 is 5.73 Å². The van der Waals surface area contributed by atoms with Gasteiger partial charge in [0.15, 0.2) is 0 Å². The number of halogens is 5. The van der Waals surface area contributed by atoms with E-state index < -0.39 is 17.8 Å². The van der Waals surface area contributed by atoms with E-state index in [1.165, 1.54) is 6.07 Å². The molecule has 1 aromatic rings. The third-order valence-electron chi connectivity index (χ3n) is 2.28. The third-order valence-corrected chi connectivity index (χ3v) is 2.49. The number of hydrogen-bond acceptors (Lipinski definition) is 1. The Bertz CT molecular complexity index is 366. The van der Waals surface area contributed by atoms with Gasteiger partial charge in [0.1, 0.15) is 0 Å². The monoisotopic (exact) mass is 287 g/mol. The third kappa shape index (κ3) is 4.74. The summed E-state index contributed by atoms with van der Waals surface area (Å²) in [5.41, 5.74) is 5.44. The van der Waals surface area contributed by atoms with Crippen LogP contribution >= 0.6 is 24.0 Å². The molecule has 0 amide bonds. The van der Waals surface area contributed by atoms with E-state index in [0.717, 1.165) is 18.6 Å². The maximum Gasteiger partial charge on any atom is 0.416 e. The minimum atomic E-state index is -4.38. The molecule has 1 nitrogen and oxygen atoms in total. The van der Waals surface area contributed by atoms with Crippen molar-refractivity contribution in [1.82, 2.24) is 0 Å². The van der Waals surface area contributed by atoms with Crippen molar-refractivity contribution >= 4 is 24.0 Å². The van der Waals surface area contributed by atoms with Gasteiger partial charge in [-0.25, -0.2) is 0 Å². The van der Waals surface area contributed by atoms with E-state index in [2.05, 4.69) is 0 Å². The molecule has 6 heteroatoms. The zero-order chi connectivity index (χ0) is 12.3. The van der Waals surface area contributed by atoms with E-state index in [-0.39, 0.29) is 17.4 Å². The lowest BCUT2D eigenvalue weighted by Crippen LogP contribution is -2.12. The van der Waals surface area contributed by atoms with Crippen molar-refractivity contribution in [2.45, 2.75) is 32.0 Å². The van der Waals surface area contributed by atoms with Gasteiger partial charge in [-0.15, -0.1) is 12.4 Å². The molecule has 0 aromatic heterocycles. The van der Waals surface area contributed by atoms with E-state index in [9.17, 15) is 13.2 Å².